The topological polar surface area (TPSA) is 316 Å². The maximum Gasteiger partial charge on any atom is 0.326 e. The Balaban J connectivity index is 0.0000308. The van der Waals surface area contributed by atoms with Gasteiger partial charge in [0.2, 0.25) is 35.4 Å². The van der Waals surface area contributed by atoms with E-state index in [9.17, 15) is 52.6 Å². The van der Waals surface area contributed by atoms with Crippen LogP contribution >= 0.6 is 0 Å². The third kappa shape index (κ3) is 39.6. The van der Waals surface area contributed by atoms with Gasteiger partial charge in [0.15, 0.2) is 0 Å². The number of carbonyl (C=O) groups is 9. The van der Waals surface area contributed by atoms with Crippen LogP contribution in [0.15, 0.2) is 0 Å². The van der Waals surface area contributed by atoms with Crippen molar-refractivity contribution in [2.45, 2.75) is 269 Å². The van der Waals surface area contributed by atoms with E-state index in [1.54, 1.807) is 14.1 Å². The molecule has 0 aliphatic heterocycles. The first-order chi connectivity index (χ1) is 38.3. The van der Waals surface area contributed by atoms with Gasteiger partial charge in [-0.3, -0.25) is 38.4 Å². The van der Waals surface area contributed by atoms with Crippen molar-refractivity contribution >= 4 is 53.4 Å². The molecule has 0 aromatic rings. The zero-order valence-electron chi connectivity index (χ0n) is 50.2. The minimum Gasteiger partial charge on any atom is -0.481 e. The van der Waals surface area contributed by atoms with E-state index in [1.807, 2.05) is 13.8 Å². The second-order valence-corrected chi connectivity index (χ2v) is 22.2. The average Bonchev–Trinajstić information content (AvgIpc) is 3.42. The Hall–Kier alpha value is -4.76. The first-order valence-electron chi connectivity index (χ1n) is 30.8. The lowest BCUT2D eigenvalue weighted by Gasteiger charge is -2.28. The first-order valence-corrected chi connectivity index (χ1v) is 30.8. The number of hydrogen-bond donors (Lipinski definition) is 11. The van der Waals surface area contributed by atoms with Gasteiger partial charge in [-0.15, -0.1) is 0 Å². The van der Waals surface area contributed by atoms with E-state index in [0.717, 1.165) is 51.4 Å². The Labute approximate surface area is 479 Å². The maximum absolute atomic E-state index is 13.4. The van der Waals surface area contributed by atoms with Crippen molar-refractivity contribution in [1.82, 2.24) is 42.5 Å². The van der Waals surface area contributed by atoms with Gasteiger partial charge in [0.25, 0.3) is 0 Å². The molecular formula is C59H110FN9O11. The van der Waals surface area contributed by atoms with E-state index in [0.29, 0.717) is 96.8 Å². The molecular weight excluding hydrogens is 1030 g/mol. The second kappa shape index (κ2) is 47.8. The highest BCUT2D eigenvalue weighted by Gasteiger charge is 2.31. The fourth-order valence-electron chi connectivity index (χ4n) is 9.64. The van der Waals surface area contributed by atoms with Gasteiger partial charge < -0.3 is 58.5 Å². The molecule has 0 aromatic carbocycles. The molecule has 3 unspecified atom stereocenters. The highest BCUT2D eigenvalue weighted by molar-refractivity contribution is 5.89. The molecule has 1 aliphatic carbocycles. The van der Waals surface area contributed by atoms with Gasteiger partial charge in [0.05, 0.1) is 17.6 Å². The number of amides is 6. The summed E-state index contributed by atoms with van der Waals surface area (Å²) in [5.41, 5.74) is 4.45. The van der Waals surface area contributed by atoms with Crippen molar-refractivity contribution in [3.8, 4) is 0 Å². The number of likely N-dealkylation sites (N-methyl/N-ethyl adjacent to an activating group) is 2. The molecule has 1 saturated carbocycles. The Kier molecular flexibility index (Phi) is 45.0. The quantitative estimate of drug-likeness (QED) is 0.0213. The number of rotatable bonds is 49. The molecule has 1 aliphatic rings. The first kappa shape index (κ1) is 75.2. The summed E-state index contributed by atoms with van der Waals surface area (Å²) in [6.45, 7) is 8.57. The summed E-state index contributed by atoms with van der Waals surface area (Å²) in [6, 6.07) is -5.02. The second-order valence-electron chi connectivity index (χ2n) is 22.2. The minimum absolute atomic E-state index is 0.0452. The molecule has 0 heterocycles. The lowest BCUT2D eigenvalue weighted by atomic mass is 9.81. The van der Waals surface area contributed by atoms with Crippen LogP contribution in [-0.4, -0.2) is 134 Å². The number of nitrogens with one attached hydrogen (secondary N) is 8. The van der Waals surface area contributed by atoms with Crippen molar-refractivity contribution < 1.29 is 57.8 Å². The molecule has 12 N–H and O–H groups in total. The van der Waals surface area contributed by atoms with E-state index >= 15 is 0 Å². The third-order valence-corrected chi connectivity index (χ3v) is 14.8. The molecule has 21 heteroatoms. The number of carboxylic acids is 2. The number of nitrogens with two attached hydrogens (primary N) is 1. The zero-order valence-corrected chi connectivity index (χ0v) is 50.2. The van der Waals surface area contributed by atoms with Crippen molar-refractivity contribution in [2.24, 2.45) is 17.6 Å². The van der Waals surface area contributed by atoms with Gasteiger partial charge in [0.1, 0.15) is 12.1 Å². The van der Waals surface area contributed by atoms with Crippen LogP contribution in [0.2, 0.25) is 0 Å². The summed E-state index contributed by atoms with van der Waals surface area (Å²) in [4.78, 5) is 110. The molecule has 464 valence electrons. The lowest BCUT2D eigenvalue weighted by molar-refractivity contribution is -0.143. The standard InChI is InChI=1S/C57H104FN9O11.C2H6/c1-57(2,59)56(78)67-44(51(58)72)27-21-25-39-63-54(75)46(61-4)29-23-26-40-64-53(74)45(60-3)28-22-24-38-62-49(69)37-36-47(55(76)77)66-52(73)43-34-32-42(33-35-43)41-65-48(68)30-19-17-15-13-11-9-7-5-6-8-10-12-14-16-18-20-31-50(70)71;1-2/h42-47,60-61H,5-41,59H2,1-4H3,(H,62,69)(H,63,75)(H,64,74)(H,65,68)(H,66,73)(H,67,78)(H,70,71)(H,76,77);1-2H3/t42?,43?,44?,45-,46?,47?;/m0./s1. The van der Waals surface area contributed by atoms with Gasteiger partial charge >= 0.3 is 18.0 Å². The molecule has 0 bridgehead atoms. The number of carboxylic acid groups (broad SMARTS) is 2. The number of unbranched alkanes of at least 4 members (excludes halogenated alkanes) is 18. The molecule has 4 atom stereocenters. The van der Waals surface area contributed by atoms with Crippen molar-refractivity contribution in [2.75, 3.05) is 40.3 Å². The van der Waals surface area contributed by atoms with Gasteiger partial charge in [-0.2, -0.15) is 4.39 Å². The fourth-order valence-corrected chi connectivity index (χ4v) is 9.64. The van der Waals surface area contributed by atoms with Crippen molar-refractivity contribution in [3.05, 3.63) is 0 Å². The fraction of sp³-hybridized carbons (Fsp3) is 0.847. The largest absolute Gasteiger partial charge is 0.481 e. The minimum atomic E-state index is -1.65. The predicted molar refractivity (Wildman–Crippen MR) is 312 cm³/mol. The van der Waals surface area contributed by atoms with E-state index in [2.05, 4.69) is 42.5 Å². The summed E-state index contributed by atoms with van der Waals surface area (Å²) >= 11 is 0. The molecule has 0 saturated heterocycles. The summed E-state index contributed by atoms with van der Waals surface area (Å²) < 4.78 is 13.4. The molecule has 80 heavy (non-hydrogen) atoms. The van der Waals surface area contributed by atoms with Gasteiger partial charge in [-0.1, -0.05) is 104 Å². The van der Waals surface area contributed by atoms with Gasteiger partial charge in [-0.25, -0.2) is 4.79 Å². The maximum atomic E-state index is 13.4. The van der Waals surface area contributed by atoms with E-state index in [4.69, 9.17) is 10.8 Å². The summed E-state index contributed by atoms with van der Waals surface area (Å²) in [5.74, 6) is -3.51. The lowest BCUT2D eigenvalue weighted by Crippen LogP contribution is -2.53. The molecule has 20 nitrogen and oxygen atoms in total. The summed E-state index contributed by atoms with van der Waals surface area (Å²) in [5, 5.41) is 41.1. The van der Waals surface area contributed by atoms with Gasteiger partial charge in [0, 0.05) is 51.4 Å². The predicted octanol–water partition coefficient (Wildman–Crippen LogP) is 7.14. The van der Waals surface area contributed by atoms with Crippen LogP contribution in [0, 0.1) is 11.8 Å². The third-order valence-electron chi connectivity index (χ3n) is 14.8. The van der Waals surface area contributed by atoms with Crippen LogP contribution in [0.3, 0.4) is 0 Å². The Morgan fingerprint density at radius 2 is 0.887 bits per heavy atom. The highest BCUT2D eigenvalue weighted by atomic mass is 19.1. The normalized spacial score (nSPS) is 15.7. The van der Waals surface area contributed by atoms with Crippen LogP contribution in [0.5, 0.6) is 0 Å². The number of carbonyl (C=O) groups excluding carboxylic acids is 7. The smallest absolute Gasteiger partial charge is 0.326 e. The molecule has 0 spiro atoms. The molecule has 0 radical (unpaired) electrons. The van der Waals surface area contributed by atoms with Crippen LogP contribution in [0.1, 0.15) is 240 Å². The number of halogens is 1. The zero-order chi connectivity index (χ0) is 60.0. The van der Waals surface area contributed by atoms with Crippen LogP contribution in [-0.2, 0) is 43.2 Å². The molecule has 0 aromatic heterocycles. The Bertz CT molecular complexity index is 1750. The van der Waals surface area contributed by atoms with Crippen molar-refractivity contribution in [1.29, 1.82) is 0 Å². The Morgan fingerprint density at radius 1 is 0.487 bits per heavy atom. The Morgan fingerprint density at radius 3 is 1.29 bits per heavy atom. The number of hydrogen-bond acceptors (Lipinski definition) is 12. The number of aliphatic carboxylic acids is 2. The van der Waals surface area contributed by atoms with Crippen LogP contribution in [0.4, 0.5) is 4.39 Å². The highest BCUT2D eigenvalue weighted by Crippen LogP contribution is 2.29. The molecule has 1 fully saturated rings. The van der Waals surface area contributed by atoms with Crippen molar-refractivity contribution in [3.63, 3.8) is 0 Å². The summed E-state index contributed by atoms with van der Waals surface area (Å²) in [6.07, 6.45) is 26.7. The van der Waals surface area contributed by atoms with E-state index in [-0.39, 0.29) is 67.1 Å². The molecule has 6 amide bonds. The SMILES string of the molecule is CC.CNC(CCCCNC(=O)[C@H](CCCCNC(=O)CCC(NC(=O)C1CCC(CNC(=O)CCCCCCCCCCCCCCCCCCC(=O)O)CC1)C(=O)O)NC)C(=O)NCCCCC(NC(=O)C(C)(C)N)C(=O)F. The van der Waals surface area contributed by atoms with E-state index < -0.39 is 53.6 Å². The van der Waals surface area contributed by atoms with Gasteiger partial charge in [-0.05, 0) is 137 Å². The average molecular weight is 1140 g/mol. The van der Waals surface area contributed by atoms with E-state index in [1.165, 1.54) is 78.1 Å². The van der Waals surface area contributed by atoms with Crippen LogP contribution in [0.25, 0.3) is 0 Å². The monoisotopic (exact) mass is 1140 g/mol. The molecule has 1 rings (SSSR count). The summed E-state index contributed by atoms with van der Waals surface area (Å²) in [7, 11) is 3.38. The van der Waals surface area contributed by atoms with Crippen LogP contribution < -0.4 is 48.3 Å².